The third-order valence-electron chi connectivity index (χ3n) is 7.71. The molecule has 0 bridgehead atoms. The van der Waals surface area contributed by atoms with Gasteiger partial charge in [-0.25, -0.2) is 4.79 Å². The molecule has 10 heteroatoms. The first-order valence-corrected chi connectivity index (χ1v) is 14.6. The Labute approximate surface area is 248 Å². The number of ether oxygens (including phenoxy) is 5. The van der Waals surface area contributed by atoms with Crippen LogP contribution < -0.4 is 20.1 Å². The quantitative estimate of drug-likeness (QED) is 0.359. The molecule has 2 fully saturated rings. The van der Waals surface area contributed by atoms with Gasteiger partial charge in [-0.2, -0.15) is 5.26 Å². The highest BCUT2D eigenvalue weighted by molar-refractivity contribution is 5.68. The van der Waals surface area contributed by atoms with Crippen LogP contribution in [0.4, 0.5) is 4.79 Å². The molecule has 5 atom stereocenters. The van der Waals surface area contributed by atoms with Crippen LogP contribution in [0.2, 0.25) is 0 Å². The van der Waals surface area contributed by atoms with Crippen LogP contribution in [0.3, 0.4) is 0 Å². The Balaban J connectivity index is 0.000000337. The van der Waals surface area contributed by atoms with Crippen LogP contribution in [0.1, 0.15) is 44.2 Å². The molecule has 10 nitrogen and oxygen atoms in total. The maximum Gasteiger partial charge on any atom is 0.407 e. The fourth-order valence-electron chi connectivity index (χ4n) is 5.21. The minimum Gasteiger partial charge on any atom is -0.454 e. The lowest BCUT2D eigenvalue weighted by Gasteiger charge is -2.28. The van der Waals surface area contributed by atoms with Crippen LogP contribution in [0, 0.1) is 29.6 Å². The number of benzene rings is 2. The number of alkyl carbamates (subject to hydrolysis) is 1. The Hall–Kier alpha value is -3.36. The average molecular weight is 582 g/mol. The van der Waals surface area contributed by atoms with Crippen molar-refractivity contribution in [3.63, 3.8) is 0 Å². The van der Waals surface area contributed by atoms with Gasteiger partial charge in [0.05, 0.1) is 37.3 Å². The Morgan fingerprint density at radius 2 is 1.95 bits per heavy atom. The lowest BCUT2D eigenvalue weighted by molar-refractivity contribution is -0.0907. The minimum absolute atomic E-state index is 0.0564. The molecular formula is C32H43N3O7. The van der Waals surface area contributed by atoms with Crippen LogP contribution in [-0.4, -0.2) is 68.8 Å². The van der Waals surface area contributed by atoms with Crippen LogP contribution >= 0.6 is 0 Å². The number of aliphatic hydroxyl groups excluding tert-OH is 1. The first kappa shape index (κ1) is 31.6. The van der Waals surface area contributed by atoms with Crippen LogP contribution in [-0.2, 0) is 20.6 Å². The predicted octanol–water partition coefficient (Wildman–Crippen LogP) is 4.09. The minimum atomic E-state index is -0.808. The molecule has 3 aliphatic rings. The van der Waals surface area contributed by atoms with Crippen LogP contribution in [0.15, 0.2) is 48.5 Å². The van der Waals surface area contributed by atoms with Crippen LogP contribution in [0.5, 0.6) is 11.5 Å². The zero-order chi connectivity index (χ0) is 30.0. The smallest absolute Gasteiger partial charge is 0.407 e. The second-order valence-corrected chi connectivity index (χ2v) is 11.8. The number of aryl methyl sites for hydroxylation is 1. The highest BCUT2D eigenvalue weighted by Gasteiger charge is 2.44. The number of amides is 1. The van der Waals surface area contributed by atoms with Gasteiger partial charge in [0.25, 0.3) is 0 Å². The van der Waals surface area contributed by atoms with E-state index in [0.717, 1.165) is 29.9 Å². The first-order chi connectivity index (χ1) is 20.2. The number of aliphatic hydroxyl groups is 1. The maximum absolute atomic E-state index is 12.7. The molecular weight excluding hydrogens is 538 g/mol. The fourth-order valence-corrected chi connectivity index (χ4v) is 5.21. The van der Waals surface area contributed by atoms with E-state index in [1.165, 1.54) is 5.56 Å². The molecule has 42 heavy (non-hydrogen) atoms. The summed E-state index contributed by atoms with van der Waals surface area (Å²) in [5, 5.41) is 25.8. The van der Waals surface area contributed by atoms with Gasteiger partial charge in [-0.3, -0.25) is 0 Å². The second kappa shape index (κ2) is 15.2. The maximum atomic E-state index is 12.7. The third-order valence-corrected chi connectivity index (χ3v) is 7.71. The van der Waals surface area contributed by atoms with E-state index in [-0.39, 0.29) is 23.7 Å². The zero-order valence-corrected chi connectivity index (χ0v) is 24.7. The number of nitrogens with zero attached hydrogens (tertiary/aromatic N) is 1. The van der Waals surface area contributed by atoms with Gasteiger partial charge in [-0.1, -0.05) is 50.2 Å². The molecule has 0 radical (unpaired) electrons. The molecule has 2 saturated heterocycles. The summed E-state index contributed by atoms with van der Waals surface area (Å²) in [6, 6.07) is 17.3. The van der Waals surface area contributed by atoms with Crippen molar-refractivity contribution in [3.8, 4) is 17.6 Å². The number of carbonyl (C=O) groups is 1. The van der Waals surface area contributed by atoms with Crippen molar-refractivity contribution in [1.29, 1.82) is 5.26 Å². The van der Waals surface area contributed by atoms with Crippen molar-refractivity contribution in [2.24, 2.45) is 11.3 Å². The Bertz CT molecular complexity index is 1190. The van der Waals surface area contributed by atoms with Crippen molar-refractivity contribution >= 4 is 6.09 Å². The summed E-state index contributed by atoms with van der Waals surface area (Å²) < 4.78 is 26.9. The number of rotatable bonds is 11. The van der Waals surface area contributed by atoms with E-state index in [0.29, 0.717) is 45.9 Å². The van der Waals surface area contributed by atoms with E-state index in [1.54, 1.807) is 0 Å². The highest BCUT2D eigenvalue weighted by Crippen LogP contribution is 2.33. The number of fused-ring (bicyclic) bond motifs is 2. The Morgan fingerprint density at radius 3 is 2.74 bits per heavy atom. The fraction of sp³-hybridized carbons (Fsp3) is 0.562. The van der Waals surface area contributed by atoms with Crippen molar-refractivity contribution in [2.45, 2.75) is 71.0 Å². The first-order valence-electron chi connectivity index (χ1n) is 14.6. The summed E-state index contributed by atoms with van der Waals surface area (Å²) >= 11 is 0. The molecule has 3 N–H and O–H groups in total. The molecule has 3 heterocycles. The molecule has 0 saturated carbocycles. The lowest BCUT2D eigenvalue weighted by atomic mass is 9.88. The lowest BCUT2D eigenvalue weighted by Crippen LogP contribution is -2.50. The topological polar surface area (TPSA) is 131 Å². The molecule has 3 aliphatic heterocycles. The van der Waals surface area contributed by atoms with Gasteiger partial charge in [0.2, 0.25) is 6.79 Å². The van der Waals surface area contributed by atoms with Gasteiger partial charge in [-0.05, 0) is 54.9 Å². The number of nitrogens with one attached hydrogen (secondary N) is 2. The van der Waals surface area contributed by atoms with Crippen molar-refractivity contribution in [1.82, 2.24) is 10.6 Å². The number of carbonyl (C=O) groups excluding carboxylic acids is 1. The van der Waals surface area contributed by atoms with E-state index in [2.05, 4.69) is 30.6 Å². The van der Waals surface area contributed by atoms with Gasteiger partial charge in [0.1, 0.15) is 6.10 Å². The molecule has 5 rings (SSSR count). The van der Waals surface area contributed by atoms with Gasteiger partial charge in [-0.15, -0.1) is 0 Å². The Kier molecular flexibility index (Phi) is 11.4. The van der Waals surface area contributed by atoms with E-state index in [1.807, 2.05) is 55.5 Å². The summed E-state index contributed by atoms with van der Waals surface area (Å²) in [6.45, 7) is 8.49. The van der Waals surface area contributed by atoms with Gasteiger partial charge in [0.15, 0.2) is 17.8 Å². The van der Waals surface area contributed by atoms with E-state index in [4.69, 9.17) is 28.9 Å². The van der Waals surface area contributed by atoms with Gasteiger partial charge < -0.3 is 39.4 Å². The van der Waals surface area contributed by atoms with Crippen molar-refractivity contribution in [2.75, 3.05) is 33.1 Å². The zero-order valence-electron chi connectivity index (χ0n) is 24.7. The van der Waals surface area contributed by atoms with Gasteiger partial charge >= 0.3 is 6.09 Å². The summed E-state index contributed by atoms with van der Waals surface area (Å²) in [5.74, 6) is 1.78. The largest absolute Gasteiger partial charge is 0.454 e. The Morgan fingerprint density at radius 1 is 1.17 bits per heavy atom. The van der Waals surface area contributed by atoms with Crippen molar-refractivity contribution in [3.05, 3.63) is 59.7 Å². The number of hydrogen-bond acceptors (Lipinski definition) is 9. The molecule has 0 aromatic heterocycles. The molecule has 2 aromatic rings. The van der Waals surface area contributed by atoms with E-state index in [9.17, 15) is 9.90 Å². The summed E-state index contributed by atoms with van der Waals surface area (Å²) in [4.78, 5) is 12.7. The second-order valence-electron chi connectivity index (χ2n) is 11.8. The number of hydrogen-bond donors (Lipinski definition) is 3. The predicted molar refractivity (Wildman–Crippen MR) is 156 cm³/mol. The SMILES string of the molecule is CC(C)(CCC#N)CNC[C@@H](O)[C@H](Cc1ccccc1)NC(=O)O[C@H]1CO[C@H]2OCC[C@H]21.Cc1ccc2c(c1)OCO2. The summed E-state index contributed by atoms with van der Waals surface area (Å²) in [6.07, 6.45) is 0.580. The molecule has 228 valence electrons. The standard InChI is InChI=1S/C24H35N3O5.C8H8O2/c1-24(2,10-6-11-25)16-26-14-20(28)19(13-17-7-4-3-5-8-17)27-23(29)32-21-15-31-22-18(21)9-12-30-22;1-6-2-3-7-8(4-6)10-5-9-7/h3-5,7-8,18-22,26,28H,6,9-10,12-16H2,1-2H3,(H,27,29);2-4H,5H2,1H3/t18-,19-,20+,21-,22+;/m0./s1. The molecule has 0 spiro atoms. The monoisotopic (exact) mass is 581 g/mol. The summed E-state index contributed by atoms with van der Waals surface area (Å²) in [5.41, 5.74) is 2.16. The normalized spacial score (nSPS) is 21.8. The third kappa shape index (κ3) is 9.33. The van der Waals surface area contributed by atoms with Crippen molar-refractivity contribution < 1.29 is 33.6 Å². The van der Waals surface area contributed by atoms with Crippen LogP contribution in [0.25, 0.3) is 0 Å². The van der Waals surface area contributed by atoms with E-state index < -0.39 is 18.2 Å². The molecule has 0 unspecified atom stereocenters. The average Bonchev–Trinajstić information content (AvgIpc) is 3.71. The molecule has 1 amide bonds. The van der Waals surface area contributed by atoms with Gasteiger partial charge in [0, 0.05) is 19.5 Å². The molecule has 0 aliphatic carbocycles. The van der Waals surface area contributed by atoms with E-state index >= 15 is 0 Å². The highest BCUT2D eigenvalue weighted by atomic mass is 16.7. The number of nitriles is 1. The molecule has 2 aromatic carbocycles. The summed E-state index contributed by atoms with van der Waals surface area (Å²) in [7, 11) is 0.